The zero-order valence-electron chi connectivity index (χ0n) is 9.81. The monoisotopic (exact) mass is 237 g/mol. The topological polar surface area (TPSA) is 64.4 Å². The van der Waals surface area contributed by atoms with Gasteiger partial charge in [-0.05, 0) is 30.4 Å². The summed E-state index contributed by atoms with van der Waals surface area (Å²) in [6.07, 6.45) is 3.04. The van der Waals surface area contributed by atoms with E-state index in [1.165, 1.54) is 0 Å². The number of hydrogen-bond donors (Lipinski definition) is 2. The molecule has 0 saturated carbocycles. The maximum Gasteiger partial charge on any atom is 0.113 e. The van der Waals surface area contributed by atoms with Gasteiger partial charge in [0.05, 0.1) is 10.9 Å². The van der Waals surface area contributed by atoms with Crippen molar-refractivity contribution in [1.29, 1.82) is 0 Å². The molecular weight excluding hydrogens is 218 g/mol. The molecule has 1 atom stereocenters. The summed E-state index contributed by atoms with van der Waals surface area (Å²) in [6.45, 7) is 2.64. The number of rotatable bonds is 5. The van der Waals surface area contributed by atoms with E-state index in [4.69, 9.17) is 11.5 Å². The largest absolute Gasteiger partial charge is 0.386 e. The Morgan fingerprint density at radius 2 is 2.25 bits per heavy atom. The lowest BCUT2D eigenvalue weighted by Gasteiger charge is -2.11. The number of aliphatic imine (C=N–C) groups is 1. The molecule has 1 rings (SSSR count). The lowest BCUT2D eigenvalue weighted by Crippen LogP contribution is -2.25. The number of hydrogen-bond acceptors (Lipinski definition) is 3. The summed E-state index contributed by atoms with van der Waals surface area (Å²) in [5, 5.41) is 0.293. The van der Waals surface area contributed by atoms with Crippen LogP contribution in [-0.2, 0) is 6.54 Å². The van der Waals surface area contributed by atoms with E-state index in [0.717, 1.165) is 17.7 Å². The zero-order chi connectivity index (χ0) is 12.0. The minimum Gasteiger partial charge on any atom is -0.386 e. The van der Waals surface area contributed by atoms with Crippen molar-refractivity contribution in [2.75, 3.05) is 6.26 Å². The summed E-state index contributed by atoms with van der Waals surface area (Å²) in [5.41, 5.74) is 13.5. The molecule has 0 aliphatic carbocycles. The molecule has 88 valence electrons. The zero-order valence-corrected chi connectivity index (χ0v) is 10.6. The summed E-state index contributed by atoms with van der Waals surface area (Å²) in [6, 6.07) is 7.86. The average Bonchev–Trinajstić information content (AvgIpc) is 2.31. The van der Waals surface area contributed by atoms with Gasteiger partial charge in [-0.3, -0.25) is 0 Å². The molecule has 4 N–H and O–H groups in total. The SMILES string of the molecule is CCC(SC)C(N)=Nc1cccc(CN)c1. The first-order valence-corrected chi connectivity index (χ1v) is 6.65. The Bertz CT molecular complexity index is 359. The van der Waals surface area contributed by atoms with Crippen molar-refractivity contribution in [2.45, 2.75) is 25.1 Å². The first-order valence-electron chi connectivity index (χ1n) is 5.37. The lowest BCUT2D eigenvalue weighted by molar-refractivity contribution is 1.00. The van der Waals surface area contributed by atoms with Gasteiger partial charge >= 0.3 is 0 Å². The van der Waals surface area contributed by atoms with E-state index < -0.39 is 0 Å². The van der Waals surface area contributed by atoms with Crippen LogP contribution in [-0.4, -0.2) is 17.3 Å². The number of amidine groups is 1. The second-order valence-electron chi connectivity index (χ2n) is 3.54. The molecule has 0 heterocycles. The van der Waals surface area contributed by atoms with Gasteiger partial charge in [-0.1, -0.05) is 19.1 Å². The molecule has 0 aromatic heterocycles. The predicted octanol–water partition coefficient (Wildman–Crippen LogP) is 2.28. The van der Waals surface area contributed by atoms with Crippen LogP contribution in [0, 0.1) is 0 Å². The predicted molar refractivity (Wildman–Crippen MR) is 73.2 cm³/mol. The molecule has 0 radical (unpaired) electrons. The third kappa shape index (κ3) is 3.54. The molecule has 1 aromatic carbocycles. The highest BCUT2D eigenvalue weighted by molar-refractivity contribution is 7.99. The molecule has 3 nitrogen and oxygen atoms in total. The van der Waals surface area contributed by atoms with E-state index in [-0.39, 0.29) is 0 Å². The molecule has 0 amide bonds. The van der Waals surface area contributed by atoms with Crippen molar-refractivity contribution in [1.82, 2.24) is 0 Å². The maximum atomic E-state index is 5.96. The lowest BCUT2D eigenvalue weighted by atomic mass is 10.2. The smallest absolute Gasteiger partial charge is 0.113 e. The number of nitrogens with zero attached hydrogens (tertiary/aromatic N) is 1. The molecule has 1 unspecified atom stereocenters. The van der Waals surface area contributed by atoms with Gasteiger partial charge in [0.25, 0.3) is 0 Å². The van der Waals surface area contributed by atoms with E-state index in [0.29, 0.717) is 17.6 Å². The van der Waals surface area contributed by atoms with Gasteiger partial charge in [-0.25, -0.2) is 4.99 Å². The summed E-state index contributed by atoms with van der Waals surface area (Å²) < 4.78 is 0. The Kier molecular flexibility index (Phi) is 5.35. The number of nitrogens with two attached hydrogens (primary N) is 2. The Hall–Kier alpha value is -1.00. The van der Waals surface area contributed by atoms with Gasteiger partial charge in [-0.2, -0.15) is 11.8 Å². The van der Waals surface area contributed by atoms with Crippen molar-refractivity contribution >= 4 is 23.3 Å². The van der Waals surface area contributed by atoms with Gasteiger partial charge in [0.1, 0.15) is 5.84 Å². The standard InChI is InChI=1S/C12H19N3S/c1-3-11(16-2)12(14)15-10-6-4-5-9(7-10)8-13/h4-7,11H,3,8,13H2,1-2H3,(H2,14,15). The first kappa shape index (κ1) is 13.1. The first-order chi connectivity index (χ1) is 7.71. The second kappa shape index (κ2) is 6.55. The summed E-state index contributed by atoms with van der Waals surface area (Å²) >= 11 is 1.73. The van der Waals surface area contributed by atoms with Gasteiger partial charge in [0, 0.05) is 6.54 Å². The highest BCUT2D eigenvalue weighted by atomic mass is 32.2. The van der Waals surface area contributed by atoms with Crippen LogP contribution in [0.2, 0.25) is 0 Å². The number of thioether (sulfide) groups is 1. The van der Waals surface area contributed by atoms with Gasteiger partial charge in [0.2, 0.25) is 0 Å². The fourth-order valence-electron chi connectivity index (χ4n) is 1.47. The van der Waals surface area contributed by atoms with E-state index in [9.17, 15) is 0 Å². The molecule has 0 aliphatic heterocycles. The Labute approximate surface area is 101 Å². The second-order valence-corrected chi connectivity index (χ2v) is 4.58. The molecule has 4 heteroatoms. The molecule has 0 aliphatic rings. The van der Waals surface area contributed by atoms with E-state index in [1.54, 1.807) is 11.8 Å². The van der Waals surface area contributed by atoms with Gasteiger partial charge in [0.15, 0.2) is 0 Å². The van der Waals surface area contributed by atoms with Crippen LogP contribution in [0.4, 0.5) is 5.69 Å². The third-order valence-corrected chi connectivity index (χ3v) is 3.53. The molecule has 0 fully saturated rings. The molecular formula is C12H19N3S. The van der Waals surface area contributed by atoms with Crippen LogP contribution in [0.1, 0.15) is 18.9 Å². The normalized spacial score (nSPS) is 13.8. The number of benzene rings is 1. The molecule has 0 saturated heterocycles. The highest BCUT2D eigenvalue weighted by Crippen LogP contribution is 2.17. The fourth-order valence-corrected chi connectivity index (χ4v) is 2.10. The van der Waals surface area contributed by atoms with Crippen LogP contribution in [0.25, 0.3) is 0 Å². The van der Waals surface area contributed by atoms with E-state index in [2.05, 4.69) is 11.9 Å². The van der Waals surface area contributed by atoms with E-state index >= 15 is 0 Å². The Morgan fingerprint density at radius 3 is 2.81 bits per heavy atom. The summed E-state index contributed by atoms with van der Waals surface area (Å²) in [4.78, 5) is 4.43. The van der Waals surface area contributed by atoms with Crippen molar-refractivity contribution in [3.8, 4) is 0 Å². The molecule has 16 heavy (non-hydrogen) atoms. The summed E-state index contributed by atoms with van der Waals surface area (Å²) in [7, 11) is 0. The Balaban J connectivity index is 2.88. The van der Waals surface area contributed by atoms with Crippen LogP contribution in [0.5, 0.6) is 0 Å². The van der Waals surface area contributed by atoms with E-state index in [1.807, 2.05) is 30.5 Å². The summed E-state index contributed by atoms with van der Waals surface area (Å²) in [5.74, 6) is 0.684. The van der Waals surface area contributed by atoms with Crippen LogP contribution >= 0.6 is 11.8 Å². The fraction of sp³-hybridized carbons (Fsp3) is 0.417. The van der Waals surface area contributed by atoms with Crippen LogP contribution < -0.4 is 11.5 Å². The van der Waals surface area contributed by atoms with Crippen molar-refractivity contribution in [3.63, 3.8) is 0 Å². The van der Waals surface area contributed by atoms with Crippen molar-refractivity contribution in [3.05, 3.63) is 29.8 Å². The average molecular weight is 237 g/mol. The molecule has 0 bridgehead atoms. The quantitative estimate of drug-likeness (QED) is 0.610. The van der Waals surface area contributed by atoms with Crippen molar-refractivity contribution < 1.29 is 0 Å². The molecule has 0 spiro atoms. The van der Waals surface area contributed by atoms with Gasteiger partial charge < -0.3 is 11.5 Å². The maximum absolute atomic E-state index is 5.96. The minimum absolute atomic E-state index is 0.293. The van der Waals surface area contributed by atoms with Gasteiger partial charge in [-0.15, -0.1) is 0 Å². The van der Waals surface area contributed by atoms with Crippen LogP contribution in [0.15, 0.2) is 29.3 Å². The molecule has 1 aromatic rings. The highest BCUT2D eigenvalue weighted by Gasteiger charge is 2.08. The van der Waals surface area contributed by atoms with Crippen LogP contribution in [0.3, 0.4) is 0 Å². The van der Waals surface area contributed by atoms with Crippen molar-refractivity contribution in [2.24, 2.45) is 16.5 Å². The third-order valence-electron chi connectivity index (χ3n) is 2.39. The Morgan fingerprint density at radius 1 is 1.50 bits per heavy atom. The minimum atomic E-state index is 0.293.